The molecule has 0 aliphatic carbocycles. The van der Waals surface area contributed by atoms with Gasteiger partial charge in [-0.3, -0.25) is 0 Å². The molecule has 0 atom stereocenters. The number of rotatable bonds is 2. The van der Waals surface area contributed by atoms with Crippen molar-refractivity contribution in [3.8, 4) is 11.3 Å². The zero-order valence-electron chi connectivity index (χ0n) is 9.21. The SMILES string of the molecule is Cc1cccc(-c2cnc(N)c(C(=O)O)n2)c1. The van der Waals surface area contributed by atoms with E-state index in [1.165, 1.54) is 6.20 Å². The van der Waals surface area contributed by atoms with Crippen LogP contribution in [-0.4, -0.2) is 21.0 Å². The Morgan fingerprint density at radius 3 is 2.82 bits per heavy atom. The molecular weight excluding hydrogens is 218 g/mol. The number of nitrogens with zero attached hydrogens (tertiary/aromatic N) is 2. The summed E-state index contributed by atoms with van der Waals surface area (Å²) in [6.45, 7) is 1.95. The lowest BCUT2D eigenvalue weighted by molar-refractivity contribution is 0.0691. The normalized spacial score (nSPS) is 10.2. The van der Waals surface area contributed by atoms with E-state index in [-0.39, 0.29) is 11.5 Å². The fourth-order valence-electron chi connectivity index (χ4n) is 1.50. The third-order valence-electron chi connectivity index (χ3n) is 2.32. The van der Waals surface area contributed by atoms with E-state index in [4.69, 9.17) is 10.8 Å². The Morgan fingerprint density at radius 2 is 2.18 bits per heavy atom. The van der Waals surface area contributed by atoms with Crippen LogP contribution in [0.2, 0.25) is 0 Å². The number of nitrogens with two attached hydrogens (primary N) is 1. The monoisotopic (exact) mass is 229 g/mol. The second-order valence-electron chi connectivity index (χ2n) is 3.66. The summed E-state index contributed by atoms with van der Waals surface area (Å²) in [7, 11) is 0. The van der Waals surface area contributed by atoms with Gasteiger partial charge in [-0.25, -0.2) is 14.8 Å². The Hall–Kier alpha value is -2.43. The number of carboxylic acids is 1. The number of nitrogen functional groups attached to an aromatic ring is 1. The minimum absolute atomic E-state index is 0.0751. The van der Waals surface area contributed by atoms with E-state index in [9.17, 15) is 4.79 Å². The maximum atomic E-state index is 10.9. The summed E-state index contributed by atoms with van der Waals surface area (Å²) in [6.07, 6.45) is 1.47. The maximum Gasteiger partial charge on any atom is 0.358 e. The van der Waals surface area contributed by atoms with Gasteiger partial charge in [-0.2, -0.15) is 0 Å². The molecule has 5 heteroatoms. The van der Waals surface area contributed by atoms with E-state index >= 15 is 0 Å². The number of aromatic nitrogens is 2. The molecule has 0 spiro atoms. The highest BCUT2D eigenvalue weighted by Crippen LogP contribution is 2.19. The van der Waals surface area contributed by atoms with Gasteiger partial charge in [0.1, 0.15) is 0 Å². The molecule has 2 rings (SSSR count). The third-order valence-corrected chi connectivity index (χ3v) is 2.32. The summed E-state index contributed by atoms with van der Waals surface area (Å²) in [5.74, 6) is -1.25. The molecule has 0 aliphatic rings. The van der Waals surface area contributed by atoms with Gasteiger partial charge in [-0.15, -0.1) is 0 Å². The fourth-order valence-corrected chi connectivity index (χ4v) is 1.50. The van der Waals surface area contributed by atoms with Crippen LogP contribution in [0.5, 0.6) is 0 Å². The second kappa shape index (κ2) is 4.21. The summed E-state index contributed by atoms with van der Waals surface area (Å²) >= 11 is 0. The molecule has 0 bridgehead atoms. The molecule has 0 saturated heterocycles. The van der Waals surface area contributed by atoms with E-state index in [2.05, 4.69) is 9.97 Å². The lowest BCUT2D eigenvalue weighted by atomic mass is 10.1. The zero-order valence-corrected chi connectivity index (χ0v) is 9.21. The molecule has 1 heterocycles. The van der Waals surface area contributed by atoms with Crippen LogP contribution in [0.15, 0.2) is 30.5 Å². The standard InChI is InChI=1S/C12H11N3O2/c1-7-3-2-4-8(5-7)9-6-14-11(13)10(15-9)12(16)17/h2-6H,1H3,(H2,13,14)(H,16,17). The first-order chi connectivity index (χ1) is 8.08. The van der Waals surface area contributed by atoms with Crippen molar-refractivity contribution < 1.29 is 9.90 Å². The van der Waals surface area contributed by atoms with Gasteiger partial charge in [-0.1, -0.05) is 23.8 Å². The Labute approximate surface area is 98.0 Å². The Bertz CT molecular complexity index is 582. The lowest BCUT2D eigenvalue weighted by Gasteiger charge is -2.04. The number of carbonyl (C=O) groups is 1. The molecule has 0 radical (unpaired) electrons. The number of benzene rings is 1. The van der Waals surface area contributed by atoms with Gasteiger partial charge in [0.15, 0.2) is 11.5 Å². The maximum absolute atomic E-state index is 10.9. The fraction of sp³-hybridized carbons (Fsp3) is 0.0833. The Morgan fingerprint density at radius 1 is 1.41 bits per heavy atom. The molecule has 3 N–H and O–H groups in total. The average Bonchev–Trinajstić information content (AvgIpc) is 2.29. The van der Waals surface area contributed by atoms with Gasteiger partial charge in [-0.05, 0) is 13.0 Å². The Kier molecular flexibility index (Phi) is 2.74. The molecule has 17 heavy (non-hydrogen) atoms. The van der Waals surface area contributed by atoms with Crippen LogP contribution in [0, 0.1) is 6.92 Å². The summed E-state index contributed by atoms with van der Waals surface area (Å²) in [5, 5.41) is 8.91. The quantitative estimate of drug-likeness (QED) is 0.818. The summed E-state index contributed by atoms with van der Waals surface area (Å²) < 4.78 is 0. The number of hydrogen-bond donors (Lipinski definition) is 2. The van der Waals surface area contributed by atoms with Crippen molar-refractivity contribution in [3.63, 3.8) is 0 Å². The van der Waals surface area contributed by atoms with Crippen molar-refractivity contribution >= 4 is 11.8 Å². The zero-order chi connectivity index (χ0) is 12.4. The first kappa shape index (κ1) is 11.1. The van der Waals surface area contributed by atoms with Crippen LogP contribution in [0.25, 0.3) is 11.3 Å². The van der Waals surface area contributed by atoms with Crippen molar-refractivity contribution in [2.75, 3.05) is 5.73 Å². The molecule has 2 aromatic rings. The minimum Gasteiger partial charge on any atom is -0.476 e. The molecular formula is C12H11N3O2. The van der Waals surface area contributed by atoms with Gasteiger partial charge in [0.2, 0.25) is 0 Å². The summed E-state index contributed by atoms with van der Waals surface area (Å²) in [6, 6.07) is 7.58. The van der Waals surface area contributed by atoms with Gasteiger partial charge in [0, 0.05) is 5.56 Å². The van der Waals surface area contributed by atoms with Crippen molar-refractivity contribution in [3.05, 3.63) is 41.7 Å². The highest BCUT2D eigenvalue weighted by Gasteiger charge is 2.12. The first-order valence-electron chi connectivity index (χ1n) is 5.01. The highest BCUT2D eigenvalue weighted by molar-refractivity contribution is 5.90. The number of aryl methyl sites for hydroxylation is 1. The van der Waals surface area contributed by atoms with E-state index < -0.39 is 5.97 Å². The van der Waals surface area contributed by atoms with Crippen molar-refractivity contribution in [1.29, 1.82) is 0 Å². The number of hydrogen-bond acceptors (Lipinski definition) is 4. The van der Waals surface area contributed by atoms with Gasteiger partial charge >= 0.3 is 5.97 Å². The molecule has 0 amide bonds. The summed E-state index contributed by atoms with van der Waals surface area (Å²) in [5.41, 5.74) is 7.61. The molecule has 5 nitrogen and oxygen atoms in total. The Balaban J connectivity index is 2.54. The largest absolute Gasteiger partial charge is 0.476 e. The molecule has 86 valence electrons. The molecule has 0 aliphatic heterocycles. The number of aromatic carboxylic acids is 1. The van der Waals surface area contributed by atoms with Crippen LogP contribution in [-0.2, 0) is 0 Å². The highest BCUT2D eigenvalue weighted by atomic mass is 16.4. The van der Waals surface area contributed by atoms with Gasteiger partial charge in [0.25, 0.3) is 0 Å². The molecule has 0 fully saturated rings. The van der Waals surface area contributed by atoms with Crippen molar-refractivity contribution in [1.82, 2.24) is 9.97 Å². The van der Waals surface area contributed by atoms with Crippen LogP contribution in [0.3, 0.4) is 0 Å². The van der Waals surface area contributed by atoms with Crippen LogP contribution in [0.1, 0.15) is 16.1 Å². The number of carboxylic acid groups (broad SMARTS) is 1. The van der Waals surface area contributed by atoms with Crippen LogP contribution >= 0.6 is 0 Å². The predicted molar refractivity (Wildman–Crippen MR) is 63.6 cm³/mol. The molecule has 0 unspecified atom stereocenters. The van der Waals surface area contributed by atoms with Gasteiger partial charge in [0.05, 0.1) is 11.9 Å². The summed E-state index contributed by atoms with van der Waals surface area (Å²) in [4.78, 5) is 18.7. The van der Waals surface area contributed by atoms with Crippen LogP contribution in [0.4, 0.5) is 5.82 Å². The van der Waals surface area contributed by atoms with Crippen molar-refractivity contribution in [2.24, 2.45) is 0 Å². The smallest absolute Gasteiger partial charge is 0.358 e. The first-order valence-corrected chi connectivity index (χ1v) is 5.01. The van der Waals surface area contributed by atoms with E-state index in [1.807, 2.05) is 31.2 Å². The van der Waals surface area contributed by atoms with E-state index in [0.717, 1.165) is 11.1 Å². The number of anilines is 1. The van der Waals surface area contributed by atoms with Crippen LogP contribution < -0.4 is 5.73 Å². The van der Waals surface area contributed by atoms with Crippen molar-refractivity contribution in [2.45, 2.75) is 6.92 Å². The third kappa shape index (κ3) is 2.23. The molecule has 1 aromatic heterocycles. The van der Waals surface area contributed by atoms with Gasteiger partial charge < -0.3 is 10.8 Å². The lowest BCUT2D eigenvalue weighted by Crippen LogP contribution is -2.08. The predicted octanol–water partition coefficient (Wildman–Crippen LogP) is 1.73. The minimum atomic E-state index is -1.18. The second-order valence-corrected chi connectivity index (χ2v) is 3.66. The van der Waals surface area contributed by atoms with E-state index in [1.54, 1.807) is 0 Å². The molecule has 0 saturated carbocycles. The topological polar surface area (TPSA) is 89.1 Å². The average molecular weight is 229 g/mol. The van der Waals surface area contributed by atoms with E-state index in [0.29, 0.717) is 5.69 Å². The molecule has 1 aromatic carbocycles.